The predicted molar refractivity (Wildman–Crippen MR) is 92.0 cm³/mol. The number of β-amino-alcohol motifs (C(OH)–C–C–N with tert-alkyl or cyclic N) is 1. The molecule has 1 amide bonds. The normalized spacial score (nSPS) is 21.6. The molecule has 0 saturated carbocycles. The molecule has 2 aromatic heterocycles. The first-order valence-electron chi connectivity index (χ1n) is 8.58. The second-order valence-corrected chi connectivity index (χ2v) is 7.93. The maximum absolute atomic E-state index is 12.8. The number of hydrogen-bond donors (Lipinski definition) is 1. The average molecular weight is 346 g/mol. The Bertz CT molecular complexity index is 759. The topological polar surface area (TPSA) is 89.1 Å². The number of aromatic nitrogens is 5. The minimum Gasteiger partial charge on any atom is -0.388 e. The monoisotopic (exact) mass is 346 g/mol. The van der Waals surface area contributed by atoms with Crippen molar-refractivity contribution in [1.82, 2.24) is 29.4 Å². The molecule has 0 spiro atoms. The van der Waals surface area contributed by atoms with E-state index in [4.69, 9.17) is 0 Å². The summed E-state index contributed by atoms with van der Waals surface area (Å²) in [6.45, 7) is 7.04. The first kappa shape index (κ1) is 17.6. The van der Waals surface area contributed by atoms with Crippen LogP contribution in [0.5, 0.6) is 0 Å². The first-order chi connectivity index (χ1) is 11.7. The van der Waals surface area contributed by atoms with Gasteiger partial charge in [-0.3, -0.25) is 9.48 Å². The number of likely N-dealkylation sites (tertiary alicyclic amines) is 1. The Balaban J connectivity index is 1.73. The van der Waals surface area contributed by atoms with E-state index < -0.39 is 5.60 Å². The molecular formula is C17H26N6O2. The SMILES string of the molecule is Cn1cnnc1CC1(O)CCCN(C(=O)c2cnn(C(C)(C)C)c2)C1. The number of piperidine rings is 1. The highest BCUT2D eigenvalue weighted by molar-refractivity contribution is 5.93. The molecule has 136 valence electrons. The quantitative estimate of drug-likeness (QED) is 0.895. The molecule has 1 N–H and O–H groups in total. The Hall–Kier alpha value is -2.22. The number of aliphatic hydroxyl groups is 1. The second-order valence-electron chi connectivity index (χ2n) is 7.93. The zero-order valence-corrected chi connectivity index (χ0v) is 15.3. The van der Waals surface area contributed by atoms with Crippen LogP contribution in [0, 0.1) is 0 Å². The van der Waals surface area contributed by atoms with E-state index in [0.29, 0.717) is 31.5 Å². The van der Waals surface area contributed by atoms with Gasteiger partial charge in [-0.05, 0) is 33.6 Å². The van der Waals surface area contributed by atoms with Crippen LogP contribution in [0.1, 0.15) is 49.8 Å². The van der Waals surface area contributed by atoms with Gasteiger partial charge in [-0.15, -0.1) is 10.2 Å². The number of carbonyl (C=O) groups excluding carboxylic acids is 1. The lowest BCUT2D eigenvalue weighted by molar-refractivity contribution is -0.0258. The van der Waals surface area contributed by atoms with Gasteiger partial charge in [0.2, 0.25) is 0 Å². The van der Waals surface area contributed by atoms with E-state index in [-0.39, 0.29) is 11.4 Å². The van der Waals surface area contributed by atoms with Gasteiger partial charge < -0.3 is 14.6 Å². The lowest BCUT2D eigenvalue weighted by Gasteiger charge is -2.38. The Labute approximate surface area is 147 Å². The Morgan fingerprint density at radius 1 is 1.40 bits per heavy atom. The molecule has 3 rings (SSSR count). The van der Waals surface area contributed by atoms with Crippen molar-refractivity contribution in [3.8, 4) is 0 Å². The van der Waals surface area contributed by atoms with Crippen LogP contribution in [-0.4, -0.2) is 59.1 Å². The fourth-order valence-electron chi connectivity index (χ4n) is 3.17. The van der Waals surface area contributed by atoms with Crippen molar-refractivity contribution in [2.45, 2.75) is 51.2 Å². The highest BCUT2D eigenvalue weighted by atomic mass is 16.3. The minimum absolute atomic E-state index is 0.0911. The van der Waals surface area contributed by atoms with E-state index in [0.717, 1.165) is 12.2 Å². The molecule has 8 nitrogen and oxygen atoms in total. The van der Waals surface area contributed by atoms with Gasteiger partial charge in [-0.1, -0.05) is 0 Å². The van der Waals surface area contributed by atoms with Crippen molar-refractivity contribution in [1.29, 1.82) is 0 Å². The summed E-state index contributed by atoms with van der Waals surface area (Å²) in [5.41, 5.74) is -0.598. The smallest absolute Gasteiger partial charge is 0.257 e. The zero-order valence-electron chi connectivity index (χ0n) is 15.3. The van der Waals surface area contributed by atoms with E-state index in [1.807, 2.05) is 27.8 Å². The Kier molecular flexibility index (Phi) is 4.40. The number of rotatable bonds is 3. The second kappa shape index (κ2) is 6.25. The highest BCUT2D eigenvalue weighted by Crippen LogP contribution is 2.26. The van der Waals surface area contributed by atoms with Gasteiger partial charge in [0.25, 0.3) is 5.91 Å². The van der Waals surface area contributed by atoms with E-state index >= 15 is 0 Å². The summed E-state index contributed by atoms with van der Waals surface area (Å²) in [6.07, 6.45) is 6.78. The molecule has 3 heterocycles. The molecular weight excluding hydrogens is 320 g/mol. The molecule has 2 aromatic rings. The number of hydrogen-bond acceptors (Lipinski definition) is 5. The van der Waals surface area contributed by atoms with Crippen LogP contribution < -0.4 is 0 Å². The molecule has 1 aliphatic rings. The summed E-state index contributed by atoms with van der Waals surface area (Å²) < 4.78 is 3.59. The number of nitrogens with zero attached hydrogens (tertiary/aromatic N) is 6. The summed E-state index contributed by atoms with van der Waals surface area (Å²) in [6, 6.07) is 0. The van der Waals surface area contributed by atoms with Gasteiger partial charge in [-0.2, -0.15) is 5.10 Å². The maximum Gasteiger partial charge on any atom is 0.257 e. The van der Waals surface area contributed by atoms with E-state index in [1.54, 1.807) is 32.9 Å². The molecule has 1 fully saturated rings. The van der Waals surface area contributed by atoms with Crippen LogP contribution in [0.2, 0.25) is 0 Å². The van der Waals surface area contributed by atoms with Crippen LogP contribution in [0.25, 0.3) is 0 Å². The maximum atomic E-state index is 12.8. The Morgan fingerprint density at radius 2 is 2.16 bits per heavy atom. The molecule has 0 aliphatic carbocycles. The molecule has 0 aromatic carbocycles. The molecule has 1 atom stereocenters. The number of aryl methyl sites for hydroxylation is 1. The third-order valence-corrected chi connectivity index (χ3v) is 4.65. The van der Waals surface area contributed by atoms with Crippen LogP contribution >= 0.6 is 0 Å². The standard InChI is InChI=1S/C17H26N6O2/c1-16(2,3)23-10-13(9-19-23)15(24)22-7-5-6-17(25,11-22)8-14-20-18-12-21(14)4/h9-10,12,25H,5-8,11H2,1-4H3. The Morgan fingerprint density at radius 3 is 2.76 bits per heavy atom. The van der Waals surface area contributed by atoms with Crippen molar-refractivity contribution in [3.63, 3.8) is 0 Å². The fourth-order valence-corrected chi connectivity index (χ4v) is 3.17. The summed E-state index contributed by atoms with van der Waals surface area (Å²) in [5, 5.41) is 23.2. The van der Waals surface area contributed by atoms with Gasteiger partial charge in [0.05, 0.1) is 29.4 Å². The van der Waals surface area contributed by atoms with Gasteiger partial charge in [0.15, 0.2) is 0 Å². The van der Waals surface area contributed by atoms with Gasteiger partial charge in [0, 0.05) is 26.2 Å². The summed E-state index contributed by atoms with van der Waals surface area (Å²) >= 11 is 0. The van der Waals surface area contributed by atoms with Crippen molar-refractivity contribution in [2.24, 2.45) is 7.05 Å². The van der Waals surface area contributed by atoms with Gasteiger partial charge >= 0.3 is 0 Å². The number of amides is 1. The molecule has 0 bridgehead atoms. The first-order valence-corrected chi connectivity index (χ1v) is 8.58. The third kappa shape index (κ3) is 3.73. The van der Waals surface area contributed by atoms with Crippen LogP contribution in [0.4, 0.5) is 0 Å². The van der Waals surface area contributed by atoms with Crippen LogP contribution in [0.3, 0.4) is 0 Å². The number of carbonyl (C=O) groups is 1. The molecule has 8 heteroatoms. The third-order valence-electron chi connectivity index (χ3n) is 4.65. The van der Waals surface area contributed by atoms with Crippen molar-refractivity contribution >= 4 is 5.91 Å². The van der Waals surface area contributed by atoms with E-state index in [9.17, 15) is 9.90 Å². The van der Waals surface area contributed by atoms with Crippen molar-refractivity contribution in [3.05, 3.63) is 30.1 Å². The average Bonchev–Trinajstić information content (AvgIpc) is 3.16. The van der Waals surface area contributed by atoms with Crippen LogP contribution in [0.15, 0.2) is 18.7 Å². The highest BCUT2D eigenvalue weighted by Gasteiger charge is 2.37. The molecule has 1 unspecified atom stereocenters. The zero-order chi connectivity index (χ0) is 18.2. The predicted octanol–water partition coefficient (Wildman–Crippen LogP) is 0.976. The summed E-state index contributed by atoms with van der Waals surface area (Å²) in [4.78, 5) is 14.5. The van der Waals surface area contributed by atoms with Gasteiger partial charge in [0.1, 0.15) is 12.2 Å². The van der Waals surface area contributed by atoms with Crippen molar-refractivity contribution in [2.75, 3.05) is 13.1 Å². The fraction of sp³-hybridized carbons (Fsp3) is 0.647. The lowest BCUT2D eigenvalue weighted by atomic mass is 9.89. The van der Waals surface area contributed by atoms with E-state index in [2.05, 4.69) is 15.3 Å². The minimum atomic E-state index is -0.977. The summed E-state index contributed by atoms with van der Waals surface area (Å²) in [7, 11) is 1.85. The van der Waals surface area contributed by atoms with Gasteiger partial charge in [-0.25, -0.2) is 0 Å². The van der Waals surface area contributed by atoms with Crippen LogP contribution in [-0.2, 0) is 19.0 Å². The molecule has 1 aliphatic heterocycles. The largest absolute Gasteiger partial charge is 0.388 e. The van der Waals surface area contributed by atoms with E-state index in [1.165, 1.54) is 0 Å². The molecule has 25 heavy (non-hydrogen) atoms. The molecule has 0 radical (unpaired) electrons. The molecule has 1 saturated heterocycles. The van der Waals surface area contributed by atoms with Crippen molar-refractivity contribution < 1.29 is 9.90 Å². The summed E-state index contributed by atoms with van der Waals surface area (Å²) in [5.74, 6) is 0.629. The lowest BCUT2D eigenvalue weighted by Crippen LogP contribution is -2.51.